The van der Waals surface area contributed by atoms with Crippen LogP contribution in [0.15, 0.2) is 84.9 Å². The summed E-state index contributed by atoms with van der Waals surface area (Å²) in [7, 11) is 3.81. The predicted molar refractivity (Wildman–Crippen MR) is 111 cm³/mol. The average Bonchev–Trinajstić information content (AvgIpc) is 2.74. The Labute approximate surface area is 165 Å². The van der Waals surface area contributed by atoms with Crippen molar-refractivity contribution in [3.63, 3.8) is 0 Å². The van der Waals surface area contributed by atoms with E-state index in [0.717, 1.165) is 16.8 Å². The van der Waals surface area contributed by atoms with E-state index >= 15 is 0 Å². The standard InChI is InChI=1S/C23H23N3O2/c1-26(2)20-15-9-14-19(16-20)22(27)24-25-23(28)21(17-10-5-3-6-11-17)18-12-7-4-8-13-18/h3-16,21H,1-2H3,(H,24,27)(H,25,28). The van der Waals surface area contributed by atoms with Gasteiger partial charge in [0.25, 0.3) is 5.91 Å². The predicted octanol–water partition coefficient (Wildman–Crippen LogP) is 3.35. The Kier molecular flexibility index (Phi) is 6.07. The van der Waals surface area contributed by atoms with Gasteiger partial charge in [0.15, 0.2) is 0 Å². The van der Waals surface area contributed by atoms with Crippen LogP contribution in [-0.2, 0) is 4.79 Å². The van der Waals surface area contributed by atoms with Crippen LogP contribution in [0.25, 0.3) is 0 Å². The lowest BCUT2D eigenvalue weighted by Crippen LogP contribution is -2.44. The second-order valence-electron chi connectivity index (χ2n) is 6.64. The van der Waals surface area contributed by atoms with E-state index in [1.807, 2.05) is 91.8 Å². The Balaban J connectivity index is 1.76. The van der Waals surface area contributed by atoms with Gasteiger partial charge in [-0.2, -0.15) is 0 Å². The molecule has 0 aliphatic carbocycles. The second kappa shape index (κ2) is 8.86. The third-order valence-electron chi connectivity index (χ3n) is 4.45. The lowest BCUT2D eigenvalue weighted by Gasteiger charge is -2.18. The highest BCUT2D eigenvalue weighted by Crippen LogP contribution is 2.24. The number of nitrogens with zero attached hydrogens (tertiary/aromatic N) is 1. The van der Waals surface area contributed by atoms with E-state index in [1.165, 1.54) is 0 Å². The minimum Gasteiger partial charge on any atom is -0.378 e. The Morgan fingerprint density at radius 2 is 1.32 bits per heavy atom. The van der Waals surface area contributed by atoms with Crippen LogP contribution < -0.4 is 15.8 Å². The van der Waals surface area contributed by atoms with Crippen molar-refractivity contribution in [2.24, 2.45) is 0 Å². The maximum atomic E-state index is 12.9. The van der Waals surface area contributed by atoms with Crippen molar-refractivity contribution in [1.82, 2.24) is 10.9 Å². The van der Waals surface area contributed by atoms with Crippen LogP contribution in [-0.4, -0.2) is 25.9 Å². The molecule has 0 spiro atoms. The molecule has 0 saturated carbocycles. The van der Waals surface area contributed by atoms with Gasteiger partial charge in [-0.15, -0.1) is 0 Å². The van der Waals surface area contributed by atoms with E-state index in [2.05, 4.69) is 10.9 Å². The molecule has 142 valence electrons. The summed E-state index contributed by atoms with van der Waals surface area (Å²) in [5.41, 5.74) is 8.20. The summed E-state index contributed by atoms with van der Waals surface area (Å²) in [6, 6.07) is 26.2. The first-order valence-corrected chi connectivity index (χ1v) is 9.04. The molecule has 3 rings (SSSR count). The Morgan fingerprint density at radius 3 is 1.86 bits per heavy atom. The summed E-state index contributed by atoms with van der Waals surface area (Å²) >= 11 is 0. The molecule has 0 unspecified atom stereocenters. The van der Waals surface area contributed by atoms with Gasteiger partial charge in [0.1, 0.15) is 0 Å². The highest BCUT2D eigenvalue weighted by Gasteiger charge is 2.23. The zero-order valence-corrected chi connectivity index (χ0v) is 15.9. The van der Waals surface area contributed by atoms with Gasteiger partial charge < -0.3 is 4.90 Å². The normalized spacial score (nSPS) is 10.4. The molecule has 0 atom stereocenters. The summed E-state index contributed by atoms with van der Waals surface area (Å²) in [5, 5.41) is 0. The molecule has 2 N–H and O–H groups in total. The number of hydrogen-bond donors (Lipinski definition) is 2. The van der Waals surface area contributed by atoms with Crippen LogP contribution >= 0.6 is 0 Å². The summed E-state index contributed by atoms with van der Waals surface area (Å²) < 4.78 is 0. The SMILES string of the molecule is CN(C)c1cccc(C(=O)NNC(=O)C(c2ccccc2)c2ccccc2)c1. The van der Waals surface area contributed by atoms with Gasteiger partial charge >= 0.3 is 0 Å². The fourth-order valence-corrected chi connectivity index (χ4v) is 2.97. The van der Waals surface area contributed by atoms with Gasteiger partial charge in [0.2, 0.25) is 5.91 Å². The molecule has 0 aliphatic rings. The molecule has 28 heavy (non-hydrogen) atoms. The minimum atomic E-state index is -0.518. The summed E-state index contributed by atoms with van der Waals surface area (Å²) in [6.45, 7) is 0. The molecule has 0 fully saturated rings. The number of rotatable bonds is 5. The zero-order chi connectivity index (χ0) is 19.9. The number of nitrogens with one attached hydrogen (secondary N) is 2. The Bertz CT molecular complexity index is 901. The van der Waals surface area contributed by atoms with Gasteiger partial charge in [0.05, 0.1) is 5.92 Å². The molecule has 0 radical (unpaired) electrons. The number of hydrogen-bond acceptors (Lipinski definition) is 3. The van der Waals surface area contributed by atoms with Gasteiger partial charge in [-0.05, 0) is 29.3 Å². The maximum Gasteiger partial charge on any atom is 0.269 e. The smallest absolute Gasteiger partial charge is 0.269 e. The van der Waals surface area contributed by atoms with Crippen LogP contribution in [0.4, 0.5) is 5.69 Å². The van der Waals surface area contributed by atoms with Gasteiger partial charge in [-0.1, -0.05) is 66.7 Å². The first-order valence-electron chi connectivity index (χ1n) is 9.04. The highest BCUT2D eigenvalue weighted by atomic mass is 16.2. The molecule has 2 amide bonds. The topological polar surface area (TPSA) is 61.4 Å². The van der Waals surface area contributed by atoms with Crippen molar-refractivity contribution in [3.05, 3.63) is 102 Å². The van der Waals surface area contributed by atoms with Crippen molar-refractivity contribution >= 4 is 17.5 Å². The number of amides is 2. The van der Waals surface area contributed by atoms with Crippen molar-refractivity contribution in [3.8, 4) is 0 Å². The lowest BCUT2D eigenvalue weighted by molar-refractivity contribution is -0.122. The largest absolute Gasteiger partial charge is 0.378 e. The summed E-state index contributed by atoms with van der Waals surface area (Å²) in [5.74, 6) is -1.18. The third-order valence-corrected chi connectivity index (χ3v) is 4.45. The minimum absolute atomic E-state index is 0.297. The van der Waals surface area contributed by atoms with Gasteiger partial charge in [0, 0.05) is 25.3 Å². The molecular formula is C23H23N3O2. The van der Waals surface area contributed by atoms with E-state index in [-0.39, 0.29) is 11.8 Å². The molecule has 0 heterocycles. The molecule has 0 aromatic heterocycles. The first-order chi connectivity index (χ1) is 13.6. The molecule has 3 aromatic rings. The van der Waals surface area contributed by atoms with E-state index < -0.39 is 5.92 Å². The molecule has 3 aromatic carbocycles. The summed E-state index contributed by atoms with van der Waals surface area (Å²) in [4.78, 5) is 27.3. The van der Waals surface area contributed by atoms with E-state index in [4.69, 9.17) is 0 Å². The van der Waals surface area contributed by atoms with E-state index in [9.17, 15) is 9.59 Å². The first kappa shape index (κ1) is 19.2. The van der Waals surface area contributed by atoms with Crippen molar-refractivity contribution in [2.45, 2.75) is 5.92 Å². The molecule has 0 aliphatic heterocycles. The average molecular weight is 373 g/mol. The fourth-order valence-electron chi connectivity index (χ4n) is 2.97. The van der Waals surface area contributed by atoms with Crippen molar-refractivity contribution in [2.75, 3.05) is 19.0 Å². The molecule has 5 heteroatoms. The van der Waals surface area contributed by atoms with Crippen LogP contribution in [0.5, 0.6) is 0 Å². The molecular weight excluding hydrogens is 350 g/mol. The molecule has 5 nitrogen and oxygen atoms in total. The number of carbonyl (C=O) groups excluding carboxylic acids is 2. The van der Waals surface area contributed by atoms with Crippen LogP contribution in [0, 0.1) is 0 Å². The fraction of sp³-hybridized carbons (Fsp3) is 0.130. The number of benzene rings is 3. The summed E-state index contributed by atoms with van der Waals surface area (Å²) in [6.07, 6.45) is 0. The van der Waals surface area contributed by atoms with E-state index in [1.54, 1.807) is 12.1 Å². The number of carbonyl (C=O) groups is 2. The van der Waals surface area contributed by atoms with E-state index in [0.29, 0.717) is 5.56 Å². The third kappa shape index (κ3) is 4.57. The molecule has 0 bridgehead atoms. The second-order valence-corrected chi connectivity index (χ2v) is 6.64. The Morgan fingerprint density at radius 1 is 0.750 bits per heavy atom. The quantitative estimate of drug-likeness (QED) is 0.675. The highest BCUT2D eigenvalue weighted by molar-refractivity contribution is 5.97. The molecule has 0 saturated heterocycles. The van der Waals surface area contributed by atoms with Crippen molar-refractivity contribution in [1.29, 1.82) is 0 Å². The number of anilines is 1. The van der Waals surface area contributed by atoms with Gasteiger partial charge in [-0.3, -0.25) is 20.4 Å². The van der Waals surface area contributed by atoms with Crippen molar-refractivity contribution < 1.29 is 9.59 Å². The number of hydrazine groups is 1. The monoisotopic (exact) mass is 373 g/mol. The maximum absolute atomic E-state index is 12.9. The lowest BCUT2D eigenvalue weighted by atomic mass is 9.91. The Hall–Kier alpha value is -3.60. The van der Waals surface area contributed by atoms with Crippen LogP contribution in [0.2, 0.25) is 0 Å². The van der Waals surface area contributed by atoms with Gasteiger partial charge in [-0.25, -0.2) is 0 Å². The van der Waals surface area contributed by atoms with Crippen LogP contribution in [0.3, 0.4) is 0 Å². The zero-order valence-electron chi connectivity index (χ0n) is 15.9. The van der Waals surface area contributed by atoms with Crippen LogP contribution in [0.1, 0.15) is 27.4 Å².